The highest BCUT2D eigenvalue weighted by molar-refractivity contribution is 7.89. The molecular formula is C23H31N3O3S. The van der Waals surface area contributed by atoms with E-state index < -0.39 is 10.0 Å². The first-order valence-electron chi connectivity index (χ1n) is 11.2. The Morgan fingerprint density at radius 2 is 1.70 bits per heavy atom. The van der Waals surface area contributed by atoms with Crippen molar-refractivity contribution in [1.82, 2.24) is 9.21 Å². The molecule has 0 spiro atoms. The second-order valence-corrected chi connectivity index (χ2v) is 10.7. The molecule has 6 nitrogen and oxygen atoms in total. The van der Waals surface area contributed by atoms with Gasteiger partial charge in [-0.3, -0.25) is 4.90 Å². The summed E-state index contributed by atoms with van der Waals surface area (Å²) in [6, 6.07) is 12.2. The first-order valence-corrected chi connectivity index (χ1v) is 12.7. The minimum atomic E-state index is -3.46. The lowest BCUT2D eigenvalue weighted by Gasteiger charge is -2.34. The zero-order valence-corrected chi connectivity index (χ0v) is 18.3. The summed E-state index contributed by atoms with van der Waals surface area (Å²) in [6.45, 7) is 6.25. The van der Waals surface area contributed by atoms with Crippen molar-refractivity contribution in [2.75, 3.05) is 44.2 Å². The lowest BCUT2D eigenvalue weighted by atomic mass is 9.96. The number of rotatable bonds is 6. The topological polar surface area (TPSA) is 57.0 Å². The molecule has 0 saturated carbocycles. The zero-order valence-electron chi connectivity index (χ0n) is 17.5. The molecule has 0 radical (unpaired) electrons. The van der Waals surface area contributed by atoms with Crippen LogP contribution in [0.2, 0.25) is 0 Å². The molecular weight excluding hydrogens is 398 g/mol. The van der Waals surface area contributed by atoms with E-state index in [1.54, 1.807) is 6.07 Å². The van der Waals surface area contributed by atoms with Gasteiger partial charge in [0.05, 0.1) is 6.54 Å². The maximum absolute atomic E-state index is 12.6. The van der Waals surface area contributed by atoms with Crippen LogP contribution in [0.1, 0.15) is 37.0 Å². The Balaban J connectivity index is 1.13. The summed E-state index contributed by atoms with van der Waals surface area (Å²) in [5.74, 6) is 1.47. The molecule has 0 atom stereocenters. The van der Waals surface area contributed by atoms with Crippen molar-refractivity contribution in [2.24, 2.45) is 5.92 Å². The Bertz CT molecular complexity index is 973. The van der Waals surface area contributed by atoms with Crippen LogP contribution in [-0.2, 0) is 23.0 Å². The Kier molecular flexibility index (Phi) is 5.60. The third-order valence-electron chi connectivity index (χ3n) is 6.84. The number of piperidine rings is 1. The van der Waals surface area contributed by atoms with Crippen LogP contribution in [0.4, 0.5) is 5.69 Å². The van der Waals surface area contributed by atoms with Crippen LogP contribution >= 0.6 is 0 Å². The van der Waals surface area contributed by atoms with E-state index in [4.69, 9.17) is 4.42 Å². The number of likely N-dealkylation sites (tertiary alicyclic amines) is 1. The molecule has 7 heteroatoms. The average molecular weight is 430 g/mol. The van der Waals surface area contributed by atoms with Gasteiger partial charge in [-0.25, -0.2) is 8.42 Å². The van der Waals surface area contributed by atoms with E-state index in [-0.39, 0.29) is 5.09 Å². The second-order valence-electron chi connectivity index (χ2n) is 8.88. The number of nitrogens with zero attached hydrogens (tertiary/aromatic N) is 3. The highest BCUT2D eigenvalue weighted by Crippen LogP contribution is 2.30. The Morgan fingerprint density at radius 1 is 0.933 bits per heavy atom. The number of fused-ring (bicyclic) bond motifs is 1. The van der Waals surface area contributed by atoms with Crippen molar-refractivity contribution in [1.29, 1.82) is 0 Å². The van der Waals surface area contributed by atoms with Gasteiger partial charge in [0.1, 0.15) is 5.76 Å². The van der Waals surface area contributed by atoms with E-state index in [1.807, 2.05) is 6.07 Å². The summed E-state index contributed by atoms with van der Waals surface area (Å²) in [4.78, 5) is 4.94. The van der Waals surface area contributed by atoms with Crippen LogP contribution < -0.4 is 4.90 Å². The molecule has 2 saturated heterocycles. The number of furan rings is 1. The van der Waals surface area contributed by atoms with Gasteiger partial charge in [-0.1, -0.05) is 18.2 Å². The Hall–Kier alpha value is -1.83. The van der Waals surface area contributed by atoms with Crippen LogP contribution in [0.3, 0.4) is 0 Å². The van der Waals surface area contributed by atoms with Crippen LogP contribution in [0.25, 0.3) is 0 Å². The van der Waals surface area contributed by atoms with Gasteiger partial charge in [-0.2, -0.15) is 4.31 Å². The number of anilines is 1. The monoisotopic (exact) mass is 429 g/mol. The number of hydrogen-bond acceptors (Lipinski definition) is 5. The highest BCUT2D eigenvalue weighted by Gasteiger charge is 2.30. The fraction of sp³-hybridized carbons (Fsp3) is 0.565. The number of para-hydroxylation sites is 1. The molecule has 1 aromatic carbocycles. The largest absolute Gasteiger partial charge is 0.447 e. The molecule has 2 fully saturated rings. The van der Waals surface area contributed by atoms with Crippen LogP contribution in [0, 0.1) is 5.92 Å². The molecule has 0 amide bonds. The van der Waals surface area contributed by atoms with E-state index in [2.05, 4.69) is 34.1 Å². The fourth-order valence-corrected chi connectivity index (χ4v) is 6.54. The first kappa shape index (κ1) is 20.1. The summed E-state index contributed by atoms with van der Waals surface area (Å²) in [6.07, 6.45) is 5.39. The van der Waals surface area contributed by atoms with Gasteiger partial charge in [0, 0.05) is 31.9 Å². The van der Waals surface area contributed by atoms with E-state index in [1.165, 1.54) is 28.4 Å². The molecule has 4 heterocycles. The van der Waals surface area contributed by atoms with Gasteiger partial charge >= 0.3 is 0 Å². The molecule has 3 aliphatic rings. The predicted molar refractivity (Wildman–Crippen MR) is 117 cm³/mol. The van der Waals surface area contributed by atoms with Crippen molar-refractivity contribution < 1.29 is 12.8 Å². The summed E-state index contributed by atoms with van der Waals surface area (Å²) in [5.41, 5.74) is 2.90. The molecule has 0 aliphatic carbocycles. The number of benzene rings is 1. The van der Waals surface area contributed by atoms with Gasteiger partial charge in [0.2, 0.25) is 5.09 Å². The minimum Gasteiger partial charge on any atom is -0.447 e. The quantitative estimate of drug-likeness (QED) is 0.705. The van der Waals surface area contributed by atoms with E-state index in [0.717, 1.165) is 57.1 Å². The summed E-state index contributed by atoms with van der Waals surface area (Å²) < 4.78 is 32.6. The normalized spacial score (nSPS) is 21.4. The van der Waals surface area contributed by atoms with Crippen molar-refractivity contribution in [2.45, 2.75) is 43.7 Å². The van der Waals surface area contributed by atoms with Gasteiger partial charge in [0.25, 0.3) is 10.0 Å². The smallest absolute Gasteiger partial charge is 0.276 e. The summed E-state index contributed by atoms with van der Waals surface area (Å²) in [7, 11) is -3.46. The molecule has 0 bridgehead atoms. The third kappa shape index (κ3) is 4.03. The van der Waals surface area contributed by atoms with Gasteiger partial charge in [-0.15, -0.1) is 0 Å². The number of sulfonamides is 1. The van der Waals surface area contributed by atoms with Gasteiger partial charge < -0.3 is 9.32 Å². The molecule has 0 unspecified atom stereocenters. The maximum Gasteiger partial charge on any atom is 0.276 e. The molecule has 30 heavy (non-hydrogen) atoms. The van der Waals surface area contributed by atoms with Crippen LogP contribution in [0.15, 0.2) is 45.9 Å². The molecule has 2 aromatic rings. The Morgan fingerprint density at radius 3 is 2.50 bits per heavy atom. The second kappa shape index (κ2) is 8.36. The SMILES string of the molecule is O=S(=O)(c1ccc(CN2CCC(CN3CCc4ccccc43)CC2)o1)N1CCCC1. The van der Waals surface area contributed by atoms with E-state index in [0.29, 0.717) is 19.6 Å². The third-order valence-corrected chi connectivity index (χ3v) is 8.62. The minimum absolute atomic E-state index is 0.0991. The van der Waals surface area contributed by atoms with Crippen molar-refractivity contribution in [3.8, 4) is 0 Å². The van der Waals surface area contributed by atoms with Gasteiger partial charge in [-0.05, 0) is 74.9 Å². The lowest BCUT2D eigenvalue weighted by Crippen LogP contribution is -2.38. The predicted octanol–water partition coefficient (Wildman–Crippen LogP) is 3.34. The Labute approximate surface area is 179 Å². The summed E-state index contributed by atoms with van der Waals surface area (Å²) in [5, 5.41) is 0.0991. The van der Waals surface area contributed by atoms with Crippen molar-refractivity contribution in [3.05, 3.63) is 47.7 Å². The van der Waals surface area contributed by atoms with Crippen molar-refractivity contribution in [3.63, 3.8) is 0 Å². The van der Waals surface area contributed by atoms with Crippen LogP contribution in [0.5, 0.6) is 0 Å². The van der Waals surface area contributed by atoms with E-state index in [9.17, 15) is 8.42 Å². The summed E-state index contributed by atoms with van der Waals surface area (Å²) >= 11 is 0. The molecule has 5 rings (SSSR count). The maximum atomic E-state index is 12.6. The highest BCUT2D eigenvalue weighted by atomic mass is 32.2. The zero-order chi connectivity index (χ0) is 20.6. The fourth-order valence-electron chi connectivity index (χ4n) is 5.09. The standard InChI is InChI=1S/C23H31N3O3S/c27-30(28,26-12-3-4-13-26)23-8-7-21(29-23)18-24-14-9-19(10-15-24)17-25-16-11-20-5-1-2-6-22(20)25/h1-2,5-8,19H,3-4,9-18H2. The van der Waals surface area contributed by atoms with Gasteiger partial charge in [0.15, 0.2) is 0 Å². The molecule has 162 valence electrons. The molecule has 1 aromatic heterocycles. The van der Waals surface area contributed by atoms with Crippen LogP contribution in [-0.4, -0.2) is 56.9 Å². The van der Waals surface area contributed by atoms with Crippen molar-refractivity contribution >= 4 is 15.7 Å². The number of hydrogen-bond donors (Lipinski definition) is 0. The molecule has 0 N–H and O–H groups in total. The average Bonchev–Trinajstić information content (AvgIpc) is 3.51. The van der Waals surface area contributed by atoms with E-state index >= 15 is 0 Å². The molecule has 3 aliphatic heterocycles. The first-order chi connectivity index (χ1) is 14.6. The lowest BCUT2D eigenvalue weighted by molar-refractivity contribution is 0.165.